The fourth-order valence-corrected chi connectivity index (χ4v) is 5.50. The lowest BCUT2D eigenvalue weighted by molar-refractivity contribution is 0.238. The molecule has 2 fully saturated rings. The summed E-state index contributed by atoms with van der Waals surface area (Å²) in [5.74, 6) is 5.74. The smallest absolute Gasteiger partial charge is 0.0177 e. The van der Waals surface area contributed by atoms with Crippen molar-refractivity contribution in [3.05, 3.63) is 12.2 Å². The number of fused-ring (bicyclic) bond motifs is 1. The first-order chi connectivity index (χ1) is 10.7. The predicted molar refractivity (Wildman–Crippen MR) is 98.9 cm³/mol. The molecule has 0 aromatic rings. The van der Waals surface area contributed by atoms with Gasteiger partial charge in [-0.05, 0) is 61.2 Å². The average molecular weight is 305 g/mol. The van der Waals surface area contributed by atoms with Crippen LogP contribution >= 0.6 is 0 Å². The highest BCUT2D eigenvalue weighted by atomic mass is 14.5. The summed E-state index contributed by atoms with van der Waals surface area (Å²) in [5.41, 5.74) is 0. The first-order valence-electron chi connectivity index (χ1n) is 10.3. The van der Waals surface area contributed by atoms with Crippen molar-refractivity contribution in [2.75, 3.05) is 0 Å². The molecule has 2 rings (SSSR count). The van der Waals surface area contributed by atoms with Crippen LogP contribution in [0.1, 0.15) is 91.9 Å². The van der Waals surface area contributed by atoms with Gasteiger partial charge in [0.1, 0.15) is 0 Å². The molecule has 2 aliphatic rings. The largest absolute Gasteiger partial charge is 0.0882 e. The Hall–Kier alpha value is -0.260. The third-order valence-corrected chi connectivity index (χ3v) is 6.88. The monoisotopic (exact) mass is 304 g/mol. The Morgan fingerprint density at radius 1 is 0.955 bits per heavy atom. The lowest BCUT2D eigenvalue weighted by Gasteiger charge is -2.27. The molecular formula is C22H40. The zero-order valence-electron chi connectivity index (χ0n) is 15.7. The van der Waals surface area contributed by atoms with Crippen molar-refractivity contribution in [1.29, 1.82) is 0 Å². The van der Waals surface area contributed by atoms with E-state index >= 15 is 0 Å². The van der Waals surface area contributed by atoms with Crippen LogP contribution in [-0.2, 0) is 0 Å². The Balaban J connectivity index is 2.02. The van der Waals surface area contributed by atoms with Crippen LogP contribution in [0.25, 0.3) is 0 Å². The van der Waals surface area contributed by atoms with Gasteiger partial charge >= 0.3 is 0 Å². The van der Waals surface area contributed by atoms with Crippen molar-refractivity contribution in [3.63, 3.8) is 0 Å². The van der Waals surface area contributed by atoms with Gasteiger partial charge < -0.3 is 0 Å². The van der Waals surface area contributed by atoms with Gasteiger partial charge in [0.15, 0.2) is 0 Å². The molecule has 22 heavy (non-hydrogen) atoms. The van der Waals surface area contributed by atoms with E-state index in [0.717, 1.165) is 35.5 Å². The molecule has 128 valence electrons. The van der Waals surface area contributed by atoms with Gasteiger partial charge in [-0.3, -0.25) is 0 Å². The lowest BCUT2D eigenvalue weighted by Crippen LogP contribution is -2.18. The quantitative estimate of drug-likeness (QED) is 0.370. The van der Waals surface area contributed by atoms with Crippen LogP contribution in [0.3, 0.4) is 0 Å². The van der Waals surface area contributed by atoms with Crippen LogP contribution in [-0.4, -0.2) is 0 Å². The van der Waals surface area contributed by atoms with Crippen LogP contribution in [0.4, 0.5) is 0 Å². The third kappa shape index (κ3) is 4.62. The molecule has 2 aliphatic carbocycles. The SMILES string of the molecule is CCCC/C=C/C1C(C)CC2CC(C)C(CC)CCCCC21. The zero-order chi connectivity index (χ0) is 15.9. The fraction of sp³-hybridized carbons (Fsp3) is 0.909. The van der Waals surface area contributed by atoms with E-state index < -0.39 is 0 Å². The van der Waals surface area contributed by atoms with Gasteiger partial charge in [0.05, 0.1) is 0 Å². The molecule has 0 nitrogen and oxygen atoms in total. The maximum atomic E-state index is 2.63. The summed E-state index contributed by atoms with van der Waals surface area (Å²) in [7, 11) is 0. The summed E-state index contributed by atoms with van der Waals surface area (Å²) >= 11 is 0. The third-order valence-electron chi connectivity index (χ3n) is 6.88. The Morgan fingerprint density at radius 3 is 2.41 bits per heavy atom. The molecule has 0 aliphatic heterocycles. The molecule has 0 amide bonds. The predicted octanol–water partition coefficient (Wildman–Crippen LogP) is 7.25. The summed E-state index contributed by atoms with van der Waals surface area (Å²) in [6, 6.07) is 0. The number of unbranched alkanes of at least 4 members (excludes halogenated alkanes) is 2. The van der Waals surface area contributed by atoms with E-state index in [9.17, 15) is 0 Å². The minimum atomic E-state index is 0.882. The molecule has 6 atom stereocenters. The molecular weight excluding hydrogens is 264 g/mol. The Morgan fingerprint density at radius 2 is 1.68 bits per heavy atom. The van der Waals surface area contributed by atoms with Crippen molar-refractivity contribution < 1.29 is 0 Å². The number of rotatable bonds is 5. The highest BCUT2D eigenvalue weighted by molar-refractivity contribution is 5.01. The first kappa shape index (κ1) is 18.1. The maximum Gasteiger partial charge on any atom is -0.0177 e. The highest BCUT2D eigenvalue weighted by Crippen LogP contribution is 2.49. The highest BCUT2D eigenvalue weighted by Gasteiger charge is 2.40. The van der Waals surface area contributed by atoms with Gasteiger partial charge in [0, 0.05) is 0 Å². The van der Waals surface area contributed by atoms with E-state index in [4.69, 9.17) is 0 Å². The van der Waals surface area contributed by atoms with E-state index in [2.05, 4.69) is 39.8 Å². The molecule has 2 saturated carbocycles. The summed E-state index contributed by atoms with van der Waals surface area (Å²) in [5, 5.41) is 0. The zero-order valence-corrected chi connectivity index (χ0v) is 15.7. The minimum Gasteiger partial charge on any atom is -0.0882 e. The first-order valence-corrected chi connectivity index (χ1v) is 10.3. The van der Waals surface area contributed by atoms with Gasteiger partial charge in [0.25, 0.3) is 0 Å². The van der Waals surface area contributed by atoms with Crippen molar-refractivity contribution in [2.45, 2.75) is 91.9 Å². The van der Waals surface area contributed by atoms with Gasteiger partial charge in [-0.15, -0.1) is 0 Å². The van der Waals surface area contributed by atoms with Gasteiger partial charge in [-0.1, -0.05) is 78.4 Å². The summed E-state index contributed by atoms with van der Waals surface area (Å²) in [6.45, 7) is 9.78. The Labute approximate surface area is 140 Å². The van der Waals surface area contributed by atoms with Crippen LogP contribution in [0.5, 0.6) is 0 Å². The molecule has 6 unspecified atom stereocenters. The van der Waals surface area contributed by atoms with E-state index in [0.29, 0.717) is 0 Å². The topological polar surface area (TPSA) is 0 Å². The van der Waals surface area contributed by atoms with Crippen LogP contribution < -0.4 is 0 Å². The number of hydrogen-bond acceptors (Lipinski definition) is 0. The van der Waals surface area contributed by atoms with E-state index in [1.165, 1.54) is 64.2 Å². The number of hydrogen-bond donors (Lipinski definition) is 0. The molecule has 0 saturated heterocycles. The van der Waals surface area contributed by atoms with Gasteiger partial charge in [-0.25, -0.2) is 0 Å². The fourth-order valence-electron chi connectivity index (χ4n) is 5.50. The number of allylic oxidation sites excluding steroid dienone is 2. The van der Waals surface area contributed by atoms with Crippen molar-refractivity contribution >= 4 is 0 Å². The van der Waals surface area contributed by atoms with E-state index in [1.807, 2.05) is 0 Å². The molecule has 0 heteroatoms. The lowest BCUT2D eigenvalue weighted by atomic mass is 9.78. The van der Waals surface area contributed by atoms with E-state index in [-0.39, 0.29) is 0 Å². The summed E-state index contributed by atoms with van der Waals surface area (Å²) < 4.78 is 0. The Bertz CT molecular complexity index is 329. The molecule has 0 radical (unpaired) electrons. The summed E-state index contributed by atoms with van der Waals surface area (Å²) in [4.78, 5) is 0. The molecule has 0 spiro atoms. The second kappa shape index (κ2) is 9.14. The molecule has 0 N–H and O–H groups in total. The molecule has 0 heterocycles. The van der Waals surface area contributed by atoms with Gasteiger partial charge in [0.2, 0.25) is 0 Å². The van der Waals surface area contributed by atoms with Gasteiger partial charge in [-0.2, -0.15) is 0 Å². The molecule has 0 aromatic heterocycles. The van der Waals surface area contributed by atoms with Crippen molar-refractivity contribution in [3.8, 4) is 0 Å². The van der Waals surface area contributed by atoms with Crippen LogP contribution in [0, 0.1) is 35.5 Å². The van der Waals surface area contributed by atoms with Crippen molar-refractivity contribution in [2.24, 2.45) is 35.5 Å². The van der Waals surface area contributed by atoms with Crippen LogP contribution in [0.15, 0.2) is 12.2 Å². The molecule has 0 bridgehead atoms. The molecule has 0 aromatic carbocycles. The van der Waals surface area contributed by atoms with Crippen LogP contribution in [0.2, 0.25) is 0 Å². The second-order valence-electron chi connectivity index (χ2n) is 8.45. The summed E-state index contributed by atoms with van der Waals surface area (Å²) in [6.07, 6.45) is 19.5. The van der Waals surface area contributed by atoms with Crippen molar-refractivity contribution in [1.82, 2.24) is 0 Å². The normalized spacial score (nSPS) is 40.2. The standard InChI is InChI=1S/C22H40/c1-5-7-8-9-13-21-18(4)16-20-15-17(3)19(6-2)12-10-11-14-22(20)21/h9,13,17-22H,5-8,10-12,14-16H2,1-4H3/b13-9+. The average Bonchev–Trinajstić information content (AvgIpc) is 2.81. The second-order valence-corrected chi connectivity index (χ2v) is 8.45. The minimum absolute atomic E-state index is 0.882. The Kier molecular flexibility index (Phi) is 7.51. The maximum absolute atomic E-state index is 2.63. The van der Waals surface area contributed by atoms with E-state index in [1.54, 1.807) is 0 Å².